The normalized spacial score (nSPS) is 27.4. The van der Waals surface area contributed by atoms with Crippen molar-refractivity contribution < 1.29 is 23.9 Å². The first-order chi connectivity index (χ1) is 9.81. The largest absolute Gasteiger partial charge is 0.461 e. The molecule has 0 aromatic heterocycles. The van der Waals surface area contributed by atoms with Gasteiger partial charge in [0.2, 0.25) is 0 Å². The highest BCUT2D eigenvalue weighted by molar-refractivity contribution is 6.37. The van der Waals surface area contributed by atoms with Gasteiger partial charge in [-0.2, -0.15) is 0 Å². The predicted molar refractivity (Wildman–Crippen MR) is 74.8 cm³/mol. The Kier molecular flexibility index (Phi) is 4.39. The minimum Gasteiger partial charge on any atom is -0.461 e. The number of ether oxygens (including phenoxy) is 2. The van der Waals surface area contributed by atoms with Crippen LogP contribution in [0, 0.1) is 5.92 Å². The number of rotatable bonds is 3. The van der Waals surface area contributed by atoms with E-state index in [0.29, 0.717) is 18.7 Å². The summed E-state index contributed by atoms with van der Waals surface area (Å²) >= 11 is 0. The molecular weight excluding hydrogens is 276 g/mol. The number of alkyl carbamates (subject to hydrolysis) is 1. The van der Waals surface area contributed by atoms with Crippen LogP contribution in [0.15, 0.2) is 5.16 Å². The molecule has 0 aromatic rings. The lowest BCUT2D eigenvalue weighted by atomic mass is 10.00. The van der Waals surface area contributed by atoms with Gasteiger partial charge in [-0.3, -0.25) is 0 Å². The Labute approximate surface area is 124 Å². The van der Waals surface area contributed by atoms with Gasteiger partial charge in [-0.1, -0.05) is 5.16 Å². The molecule has 21 heavy (non-hydrogen) atoms. The van der Waals surface area contributed by atoms with E-state index in [0.717, 1.165) is 6.42 Å². The van der Waals surface area contributed by atoms with E-state index >= 15 is 0 Å². The van der Waals surface area contributed by atoms with E-state index in [1.54, 1.807) is 27.7 Å². The number of hydrogen-bond acceptors (Lipinski definition) is 6. The molecule has 3 atom stereocenters. The number of carbonyl (C=O) groups is 2. The van der Waals surface area contributed by atoms with Crippen molar-refractivity contribution in [1.29, 1.82) is 0 Å². The maximum atomic E-state index is 11.8. The fourth-order valence-electron chi connectivity index (χ4n) is 2.60. The van der Waals surface area contributed by atoms with Crippen molar-refractivity contribution in [2.45, 2.75) is 58.3 Å². The smallest absolute Gasteiger partial charge is 0.408 e. The fraction of sp³-hybridized carbons (Fsp3) is 0.786. The quantitative estimate of drug-likeness (QED) is 0.800. The van der Waals surface area contributed by atoms with Crippen LogP contribution in [0.5, 0.6) is 0 Å². The molecule has 0 aromatic carbocycles. The third kappa shape index (κ3) is 3.65. The van der Waals surface area contributed by atoms with Crippen LogP contribution in [0.4, 0.5) is 4.79 Å². The van der Waals surface area contributed by atoms with E-state index in [4.69, 9.17) is 14.3 Å². The minimum absolute atomic E-state index is 0.121. The van der Waals surface area contributed by atoms with Gasteiger partial charge in [0.25, 0.3) is 0 Å². The highest BCUT2D eigenvalue weighted by Crippen LogP contribution is 2.35. The Hall–Kier alpha value is -1.79. The van der Waals surface area contributed by atoms with E-state index < -0.39 is 17.7 Å². The molecule has 1 N–H and O–H groups in total. The summed E-state index contributed by atoms with van der Waals surface area (Å²) in [4.78, 5) is 28.9. The van der Waals surface area contributed by atoms with E-state index in [1.807, 2.05) is 0 Å². The maximum absolute atomic E-state index is 11.8. The fourth-order valence-corrected chi connectivity index (χ4v) is 2.60. The Morgan fingerprint density at radius 2 is 2.10 bits per heavy atom. The molecule has 0 unspecified atom stereocenters. The summed E-state index contributed by atoms with van der Waals surface area (Å²) in [5, 5.41) is 6.61. The molecule has 0 saturated heterocycles. The lowest BCUT2D eigenvalue weighted by Crippen LogP contribution is -2.44. The van der Waals surface area contributed by atoms with Crippen molar-refractivity contribution in [2.24, 2.45) is 11.1 Å². The summed E-state index contributed by atoms with van der Waals surface area (Å²) < 4.78 is 10.2. The summed E-state index contributed by atoms with van der Waals surface area (Å²) in [6.45, 7) is 7.45. The van der Waals surface area contributed by atoms with Gasteiger partial charge in [-0.25, -0.2) is 9.59 Å². The number of oxime groups is 1. The summed E-state index contributed by atoms with van der Waals surface area (Å²) in [5.41, 5.74) is -0.235. The number of amides is 1. The van der Waals surface area contributed by atoms with Gasteiger partial charge in [0, 0.05) is 0 Å². The maximum Gasteiger partial charge on any atom is 0.408 e. The zero-order chi connectivity index (χ0) is 15.6. The highest BCUT2D eigenvalue weighted by atomic mass is 16.7. The van der Waals surface area contributed by atoms with Crippen LogP contribution in [-0.4, -0.2) is 42.1 Å². The van der Waals surface area contributed by atoms with E-state index in [9.17, 15) is 9.59 Å². The van der Waals surface area contributed by atoms with E-state index in [1.165, 1.54) is 0 Å². The predicted octanol–water partition coefficient (Wildman–Crippen LogP) is 1.61. The molecule has 7 nitrogen and oxygen atoms in total. The number of hydrogen-bond donors (Lipinski definition) is 1. The Bertz CT molecular complexity index is 455. The molecule has 1 fully saturated rings. The average molecular weight is 298 g/mol. The zero-order valence-corrected chi connectivity index (χ0v) is 12.8. The molecule has 2 rings (SSSR count). The lowest BCUT2D eigenvalue weighted by Gasteiger charge is -2.23. The third-order valence-electron chi connectivity index (χ3n) is 3.39. The average Bonchev–Trinajstić information content (AvgIpc) is 2.90. The van der Waals surface area contributed by atoms with Crippen LogP contribution in [-0.2, 0) is 19.1 Å². The molecule has 2 aliphatic rings. The molecule has 1 aliphatic heterocycles. The first-order valence-electron chi connectivity index (χ1n) is 7.22. The van der Waals surface area contributed by atoms with Crippen LogP contribution in [0.25, 0.3) is 0 Å². The van der Waals surface area contributed by atoms with Crippen molar-refractivity contribution in [2.75, 3.05) is 6.61 Å². The van der Waals surface area contributed by atoms with Crippen molar-refractivity contribution in [1.82, 2.24) is 5.32 Å². The molecular formula is C14H22N2O5. The Morgan fingerprint density at radius 1 is 1.38 bits per heavy atom. The van der Waals surface area contributed by atoms with Crippen LogP contribution in [0.2, 0.25) is 0 Å². The Balaban J connectivity index is 1.91. The van der Waals surface area contributed by atoms with Crippen molar-refractivity contribution in [3.05, 3.63) is 0 Å². The number of fused-ring (bicyclic) bond motifs is 1. The summed E-state index contributed by atoms with van der Waals surface area (Å²) in [7, 11) is 0. The van der Waals surface area contributed by atoms with Gasteiger partial charge >= 0.3 is 12.1 Å². The molecule has 0 radical (unpaired) electrons. The van der Waals surface area contributed by atoms with E-state index in [2.05, 4.69) is 10.5 Å². The van der Waals surface area contributed by atoms with Gasteiger partial charge in [-0.05, 0) is 40.5 Å². The summed E-state index contributed by atoms with van der Waals surface area (Å²) in [6, 6.07) is -0.208. The first kappa shape index (κ1) is 15.6. The van der Waals surface area contributed by atoms with Crippen molar-refractivity contribution >= 4 is 17.8 Å². The van der Waals surface area contributed by atoms with Crippen LogP contribution >= 0.6 is 0 Å². The molecule has 0 spiro atoms. The van der Waals surface area contributed by atoms with Crippen LogP contribution < -0.4 is 5.32 Å². The SMILES string of the molecule is CCOC(=O)C1=NO[C@H]2[C@@H](NC(=O)OC(C)(C)C)CC[C@@H]12. The third-order valence-corrected chi connectivity index (χ3v) is 3.39. The molecule has 1 aliphatic carbocycles. The molecule has 1 amide bonds. The van der Waals surface area contributed by atoms with Crippen molar-refractivity contribution in [3.63, 3.8) is 0 Å². The van der Waals surface area contributed by atoms with Gasteiger partial charge in [0.05, 0.1) is 18.6 Å². The summed E-state index contributed by atoms with van der Waals surface area (Å²) in [6.07, 6.45) is 0.633. The zero-order valence-electron chi connectivity index (χ0n) is 12.8. The number of nitrogens with one attached hydrogen (secondary N) is 1. The standard InChI is InChI=1S/C14H22N2O5/c1-5-19-12(17)10-8-6-7-9(11(8)21-16-10)15-13(18)20-14(2,3)4/h8-9,11H,5-7H2,1-4H3,(H,15,18)/t8-,9-,11+/m0/s1. The monoisotopic (exact) mass is 298 g/mol. The first-order valence-corrected chi connectivity index (χ1v) is 7.22. The molecule has 1 heterocycles. The summed E-state index contributed by atoms with van der Waals surface area (Å²) in [5.74, 6) is -0.563. The van der Waals surface area contributed by atoms with Gasteiger partial charge in [-0.15, -0.1) is 0 Å². The molecule has 7 heteroatoms. The molecule has 1 saturated carbocycles. The van der Waals surface area contributed by atoms with Crippen LogP contribution in [0.3, 0.4) is 0 Å². The van der Waals surface area contributed by atoms with Gasteiger partial charge in [0.15, 0.2) is 11.8 Å². The molecule has 118 valence electrons. The second kappa shape index (κ2) is 5.91. The molecule has 0 bridgehead atoms. The van der Waals surface area contributed by atoms with Crippen LogP contribution in [0.1, 0.15) is 40.5 Å². The van der Waals surface area contributed by atoms with Crippen molar-refractivity contribution in [3.8, 4) is 0 Å². The van der Waals surface area contributed by atoms with Gasteiger partial charge in [0.1, 0.15) is 5.60 Å². The van der Waals surface area contributed by atoms with E-state index in [-0.39, 0.29) is 18.1 Å². The minimum atomic E-state index is -0.550. The topological polar surface area (TPSA) is 86.2 Å². The second-order valence-electron chi connectivity index (χ2n) is 6.20. The second-order valence-corrected chi connectivity index (χ2v) is 6.20. The number of carbonyl (C=O) groups excluding carboxylic acids is 2. The lowest BCUT2D eigenvalue weighted by molar-refractivity contribution is -0.135. The number of nitrogens with zero attached hydrogens (tertiary/aromatic N) is 1. The highest BCUT2D eigenvalue weighted by Gasteiger charge is 2.48. The number of esters is 1. The Morgan fingerprint density at radius 3 is 2.71 bits per heavy atom. The van der Waals surface area contributed by atoms with Gasteiger partial charge < -0.3 is 19.6 Å².